The molecule has 1 N–H and O–H groups in total. The minimum Gasteiger partial charge on any atom is -0.383 e. The summed E-state index contributed by atoms with van der Waals surface area (Å²) >= 11 is 12.7. The summed E-state index contributed by atoms with van der Waals surface area (Å²) in [5, 5.41) is 4.59. The maximum Gasteiger partial charge on any atom is 0.280 e. The topological polar surface area (TPSA) is 72.3 Å². The summed E-state index contributed by atoms with van der Waals surface area (Å²) in [5.41, 5.74) is 2.06. The van der Waals surface area contributed by atoms with Crippen molar-refractivity contribution in [1.29, 1.82) is 0 Å². The van der Waals surface area contributed by atoms with Gasteiger partial charge in [-0.15, -0.1) is 0 Å². The van der Waals surface area contributed by atoms with Crippen LogP contribution < -0.4 is 11.1 Å². The van der Waals surface area contributed by atoms with E-state index >= 15 is 0 Å². The Balaban J connectivity index is 1.84. The average molecular weight is 487 g/mol. The molecule has 172 valence electrons. The van der Waals surface area contributed by atoms with Crippen LogP contribution in [0.3, 0.4) is 0 Å². The molecule has 0 amide bonds. The predicted molar refractivity (Wildman–Crippen MR) is 132 cm³/mol. The van der Waals surface area contributed by atoms with Gasteiger partial charge in [-0.05, 0) is 30.8 Å². The van der Waals surface area contributed by atoms with Crippen LogP contribution in [0.4, 0.5) is 0 Å². The first-order chi connectivity index (χ1) is 15.9. The molecule has 0 spiro atoms. The number of methoxy groups -OCH3 is 1. The van der Waals surface area contributed by atoms with Gasteiger partial charge in [0.25, 0.3) is 11.1 Å². The Kier molecular flexibility index (Phi) is 7.05. The van der Waals surface area contributed by atoms with E-state index in [1.807, 2.05) is 36.2 Å². The fourth-order valence-electron chi connectivity index (χ4n) is 3.93. The number of nitrogens with one attached hydrogen (secondary N) is 1. The van der Waals surface area contributed by atoms with Crippen LogP contribution in [0, 0.1) is 0 Å². The largest absolute Gasteiger partial charge is 0.383 e. The molecule has 0 atom stereocenters. The third kappa shape index (κ3) is 4.77. The molecule has 2 aromatic carbocycles. The Morgan fingerprint density at radius 2 is 1.70 bits per heavy atom. The van der Waals surface area contributed by atoms with Crippen LogP contribution in [0.1, 0.15) is 11.3 Å². The Bertz CT molecular complexity index is 1410. The standard InChI is InChI=1S/C24H24Cl2N4O3/c1-28(14-16-7-3-4-8-17(16)25)15-21-23-19(13-22(31)29(21)11-12-33-2)27-30(24(23)32)20-10-6-5-9-18(20)26/h3-10,13,27H,11-12,14-15H2,1-2H3. The zero-order valence-corrected chi connectivity index (χ0v) is 19.9. The molecule has 4 aromatic rings. The fraction of sp³-hybridized carbons (Fsp3) is 0.250. The van der Waals surface area contributed by atoms with Crippen molar-refractivity contribution < 1.29 is 4.74 Å². The zero-order valence-electron chi connectivity index (χ0n) is 18.3. The maximum atomic E-state index is 13.5. The summed E-state index contributed by atoms with van der Waals surface area (Å²) in [6.07, 6.45) is 0. The molecule has 0 aliphatic rings. The number of pyridine rings is 1. The lowest BCUT2D eigenvalue weighted by Gasteiger charge is -2.21. The summed E-state index contributed by atoms with van der Waals surface area (Å²) in [4.78, 5) is 28.5. The number of halogens is 2. The molecule has 2 heterocycles. The minimum absolute atomic E-state index is 0.215. The van der Waals surface area contributed by atoms with Gasteiger partial charge in [0.2, 0.25) is 0 Å². The highest BCUT2D eigenvalue weighted by Crippen LogP contribution is 2.22. The highest BCUT2D eigenvalue weighted by molar-refractivity contribution is 6.32. The monoisotopic (exact) mass is 486 g/mol. The molecule has 0 aliphatic heterocycles. The van der Waals surface area contributed by atoms with Crippen molar-refractivity contribution in [3.05, 3.63) is 96.6 Å². The van der Waals surface area contributed by atoms with E-state index in [0.29, 0.717) is 58.6 Å². The van der Waals surface area contributed by atoms with Gasteiger partial charge in [-0.2, -0.15) is 0 Å². The van der Waals surface area contributed by atoms with Crippen molar-refractivity contribution in [1.82, 2.24) is 19.2 Å². The van der Waals surface area contributed by atoms with E-state index in [9.17, 15) is 9.59 Å². The van der Waals surface area contributed by atoms with Crippen molar-refractivity contribution in [3.8, 4) is 5.69 Å². The molecule has 0 saturated carbocycles. The van der Waals surface area contributed by atoms with Crippen molar-refractivity contribution in [2.75, 3.05) is 20.8 Å². The number of hydrogen-bond donors (Lipinski definition) is 1. The highest BCUT2D eigenvalue weighted by atomic mass is 35.5. The lowest BCUT2D eigenvalue weighted by atomic mass is 10.2. The normalized spacial score (nSPS) is 11.5. The molecular formula is C24H24Cl2N4O3. The predicted octanol–water partition coefficient (Wildman–Crippen LogP) is 4.07. The van der Waals surface area contributed by atoms with Crippen LogP contribution in [0.25, 0.3) is 16.6 Å². The highest BCUT2D eigenvalue weighted by Gasteiger charge is 2.20. The summed E-state index contributed by atoms with van der Waals surface area (Å²) in [5.74, 6) is 0. The molecule has 0 radical (unpaired) electrons. The molecular weight excluding hydrogens is 463 g/mol. The Morgan fingerprint density at radius 3 is 2.39 bits per heavy atom. The van der Waals surface area contributed by atoms with Gasteiger partial charge in [0.1, 0.15) is 0 Å². The number of fused-ring (bicyclic) bond motifs is 1. The first-order valence-corrected chi connectivity index (χ1v) is 11.2. The second kappa shape index (κ2) is 9.97. The first-order valence-electron chi connectivity index (χ1n) is 10.4. The number of rotatable bonds is 8. The number of H-pyrrole nitrogens is 1. The lowest BCUT2D eigenvalue weighted by Crippen LogP contribution is -2.30. The van der Waals surface area contributed by atoms with Gasteiger partial charge >= 0.3 is 0 Å². The summed E-state index contributed by atoms with van der Waals surface area (Å²) < 4.78 is 8.18. The maximum absolute atomic E-state index is 13.5. The second-order valence-electron chi connectivity index (χ2n) is 7.83. The molecule has 4 rings (SSSR count). The number of nitrogens with zero attached hydrogens (tertiary/aromatic N) is 3. The van der Waals surface area contributed by atoms with Gasteiger partial charge in [-0.3, -0.25) is 19.6 Å². The molecule has 33 heavy (non-hydrogen) atoms. The van der Waals surface area contributed by atoms with E-state index in [2.05, 4.69) is 5.10 Å². The smallest absolute Gasteiger partial charge is 0.280 e. The zero-order chi connectivity index (χ0) is 23.5. The van der Waals surface area contributed by atoms with E-state index in [1.54, 1.807) is 35.9 Å². The molecule has 0 saturated heterocycles. The van der Waals surface area contributed by atoms with Gasteiger partial charge in [-0.1, -0.05) is 53.5 Å². The number of hydrogen-bond acceptors (Lipinski definition) is 4. The average Bonchev–Trinajstić information content (AvgIpc) is 3.11. The Morgan fingerprint density at radius 1 is 1.00 bits per heavy atom. The number of benzene rings is 2. The quantitative estimate of drug-likeness (QED) is 0.407. The van der Waals surface area contributed by atoms with E-state index in [1.165, 1.54) is 10.7 Å². The van der Waals surface area contributed by atoms with Crippen molar-refractivity contribution in [2.24, 2.45) is 0 Å². The first kappa shape index (κ1) is 23.3. The molecule has 0 unspecified atom stereocenters. The third-order valence-electron chi connectivity index (χ3n) is 5.50. The molecule has 9 heteroatoms. The van der Waals surface area contributed by atoms with Crippen molar-refractivity contribution >= 4 is 34.1 Å². The van der Waals surface area contributed by atoms with E-state index in [0.717, 1.165) is 5.56 Å². The van der Waals surface area contributed by atoms with Crippen LogP contribution in [0.2, 0.25) is 10.0 Å². The summed E-state index contributed by atoms with van der Waals surface area (Å²) in [7, 11) is 3.50. The third-order valence-corrected chi connectivity index (χ3v) is 6.19. The Hall–Kier alpha value is -2.84. The number of para-hydroxylation sites is 1. The van der Waals surface area contributed by atoms with E-state index < -0.39 is 0 Å². The van der Waals surface area contributed by atoms with Crippen LogP contribution in [0.15, 0.2) is 64.2 Å². The van der Waals surface area contributed by atoms with Gasteiger partial charge in [0, 0.05) is 37.8 Å². The van der Waals surface area contributed by atoms with Gasteiger partial charge in [0.15, 0.2) is 0 Å². The van der Waals surface area contributed by atoms with Gasteiger partial charge in [-0.25, -0.2) is 4.68 Å². The molecule has 7 nitrogen and oxygen atoms in total. The molecule has 0 aliphatic carbocycles. The molecule has 0 fully saturated rings. The van der Waals surface area contributed by atoms with Gasteiger partial charge in [0.05, 0.1) is 33.9 Å². The fourth-order valence-corrected chi connectivity index (χ4v) is 4.35. The van der Waals surface area contributed by atoms with Gasteiger partial charge < -0.3 is 9.30 Å². The summed E-state index contributed by atoms with van der Waals surface area (Å²) in [6, 6.07) is 16.1. The Labute approximate surface area is 200 Å². The SMILES string of the molecule is COCCn1c(CN(C)Cc2ccccc2Cl)c2c(=O)n(-c3ccccc3Cl)[nH]c2cc1=O. The molecule has 2 aromatic heterocycles. The van der Waals surface area contributed by atoms with Crippen LogP contribution >= 0.6 is 23.2 Å². The van der Waals surface area contributed by atoms with Crippen molar-refractivity contribution in [2.45, 2.75) is 19.6 Å². The number of ether oxygens (including phenoxy) is 1. The van der Waals surface area contributed by atoms with Crippen LogP contribution in [-0.4, -0.2) is 40.0 Å². The number of aromatic nitrogens is 3. The van der Waals surface area contributed by atoms with E-state index in [-0.39, 0.29) is 11.1 Å². The van der Waals surface area contributed by atoms with Crippen LogP contribution in [-0.2, 0) is 24.4 Å². The van der Waals surface area contributed by atoms with Crippen molar-refractivity contribution in [3.63, 3.8) is 0 Å². The molecule has 0 bridgehead atoms. The summed E-state index contributed by atoms with van der Waals surface area (Å²) in [6.45, 7) is 1.59. The minimum atomic E-state index is -0.273. The lowest BCUT2D eigenvalue weighted by molar-refractivity contribution is 0.184. The van der Waals surface area contributed by atoms with E-state index in [4.69, 9.17) is 27.9 Å². The van der Waals surface area contributed by atoms with Crippen LogP contribution in [0.5, 0.6) is 0 Å². The second-order valence-corrected chi connectivity index (χ2v) is 8.64. The number of aromatic amines is 1.